The lowest BCUT2D eigenvalue weighted by Crippen LogP contribution is -2.41. The average Bonchev–Trinajstić information content (AvgIpc) is 3.14. The zero-order valence-corrected chi connectivity index (χ0v) is 16.3. The lowest BCUT2D eigenvalue weighted by atomic mass is 9.98. The molecule has 5 heteroatoms. The van der Waals surface area contributed by atoms with Crippen LogP contribution in [0, 0.1) is 5.92 Å². The van der Waals surface area contributed by atoms with Gasteiger partial charge < -0.3 is 19.7 Å². The zero-order chi connectivity index (χ0) is 19.2. The molecule has 0 aliphatic carbocycles. The van der Waals surface area contributed by atoms with Crippen LogP contribution < -0.4 is 14.8 Å². The number of rotatable bonds is 6. The number of nitrogens with zero attached hydrogens (tertiary/aromatic N) is 1. The third-order valence-electron chi connectivity index (χ3n) is 5.10. The third-order valence-corrected chi connectivity index (χ3v) is 5.10. The van der Waals surface area contributed by atoms with Crippen molar-refractivity contribution >= 4 is 6.03 Å². The molecule has 2 amide bonds. The number of carbonyl (C=O) groups is 1. The summed E-state index contributed by atoms with van der Waals surface area (Å²) in [6.07, 6.45) is 1.75. The van der Waals surface area contributed by atoms with Gasteiger partial charge in [-0.05, 0) is 42.0 Å². The van der Waals surface area contributed by atoms with E-state index in [2.05, 4.69) is 24.4 Å². The van der Waals surface area contributed by atoms with E-state index in [1.54, 1.807) is 14.2 Å². The highest BCUT2D eigenvalue weighted by molar-refractivity contribution is 5.75. The fourth-order valence-electron chi connectivity index (χ4n) is 3.54. The van der Waals surface area contributed by atoms with Crippen molar-refractivity contribution in [3.8, 4) is 11.5 Å². The van der Waals surface area contributed by atoms with Crippen molar-refractivity contribution in [1.82, 2.24) is 10.2 Å². The van der Waals surface area contributed by atoms with Crippen LogP contribution in [0.4, 0.5) is 4.79 Å². The molecular formula is C22H28N2O3. The minimum atomic E-state index is -0.104. The number of likely N-dealkylation sites (tertiary alicyclic amines) is 1. The van der Waals surface area contributed by atoms with Crippen molar-refractivity contribution in [3.05, 3.63) is 59.7 Å². The number of urea groups is 1. The monoisotopic (exact) mass is 368 g/mol. The van der Waals surface area contributed by atoms with Gasteiger partial charge in [0.1, 0.15) is 0 Å². The van der Waals surface area contributed by atoms with E-state index in [0.29, 0.717) is 23.8 Å². The highest BCUT2D eigenvalue weighted by Crippen LogP contribution is 2.30. The standard InChI is InChI=1S/C22H28N2O3/c1-16-11-12-24(15-16)22(25)23-19(18-7-5-4-6-8-18)13-17-9-10-20(26-2)21(14-17)27-3/h4-10,14,16,19H,11-13,15H2,1-3H3,(H,23,25). The molecule has 2 aromatic carbocycles. The van der Waals surface area contributed by atoms with Crippen LogP contribution >= 0.6 is 0 Å². The topological polar surface area (TPSA) is 50.8 Å². The van der Waals surface area contributed by atoms with E-state index in [1.807, 2.05) is 41.3 Å². The first kappa shape index (κ1) is 19.1. The molecule has 5 nitrogen and oxygen atoms in total. The molecule has 2 unspecified atom stereocenters. The zero-order valence-electron chi connectivity index (χ0n) is 16.3. The van der Waals surface area contributed by atoms with Crippen LogP contribution in [-0.2, 0) is 6.42 Å². The minimum absolute atomic E-state index is 0.00804. The summed E-state index contributed by atoms with van der Waals surface area (Å²) in [5.74, 6) is 1.96. The van der Waals surface area contributed by atoms with Gasteiger partial charge in [0, 0.05) is 13.1 Å². The molecule has 1 aliphatic heterocycles. The average molecular weight is 368 g/mol. The van der Waals surface area contributed by atoms with E-state index >= 15 is 0 Å². The number of carbonyl (C=O) groups excluding carboxylic acids is 1. The van der Waals surface area contributed by atoms with Gasteiger partial charge in [0.15, 0.2) is 11.5 Å². The van der Waals surface area contributed by atoms with Gasteiger partial charge in [-0.2, -0.15) is 0 Å². The molecule has 3 rings (SSSR count). The number of ether oxygens (including phenoxy) is 2. The number of benzene rings is 2. The van der Waals surface area contributed by atoms with Crippen LogP contribution in [0.2, 0.25) is 0 Å². The molecule has 2 aromatic rings. The Hall–Kier alpha value is -2.69. The molecule has 27 heavy (non-hydrogen) atoms. The Morgan fingerprint density at radius 2 is 1.89 bits per heavy atom. The fraction of sp³-hybridized carbons (Fsp3) is 0.409. The predicted molar refractivity (Wildman–Crippen MR) is 106 cm³/mol. The number of hydrogen-bond acceptors (Lipinski definition) is 3. The number of nitrogens with one attached hydrogen (secondary N) is 1. The molecule has 1 heterocycles. The van der Waals surface area contributed by atoms with Gasteiger partial charge in [-0.1, -0.05) is 43.3 Å². The molecule has 0 radical (unpaired) electrons. The van der Waals surface area contributed by atoms with E-state index < -0.39 is 0 Å². The highest BCUT2D eigenvalue weighted by Gasteiger charge is 2.25. The van der Waals surface area contributed by atoms with Gasteiger partial charge in [0.2, 0.25) is 0 Å². The second kappa shape index (κ2) is 8.80. The summed E-state index contributed by atoms with van der Waals surface area (Å²) in [4.78, 5) is 14.7. The van der Waals surface area contributed by atoms with Crippen LogP contribution in [0.25, 0.3) is 0 Å². The molecule has 0 bridgehead atoms. The van der Waals surface area contributed by atoms with Crippen LogP contribution in [-0.4, -0.2) is 38.2 Å². The van der Waals surface area contributed by atoms with E-state index in [1.165, 1.54) is 0 Å². The first-order valence-electron chi connectivity index (χ1n) is 9.42. The number of hydrogen-bond donors (Lipinski definition) is 1. The summed E-state index contributed by atoms with van der Waals surface area (Å²) in [6, 6.07) is 15.9. The quantitative estimate of drug-likeness (QED) is 0.837. The van der Waals surface area contributed by atoms with Crippen LogP contribution in [0.15, 0.2) is 48.5 Å². The maximum absolute atomic E-state index is 12.8. The molecule has 1 saturated heterocycles. The summed E-state index contributed by atoms with van der Waals surface area (Å²) in [6.45, 7) is 3.83. The van der Waals surface area contributed by atoms with Crippen LogP contribution in [0.3, 0.4) is 0 Å². The highest BCUT2D eigenvalue weighted by atomic mass is 16.5. The largest absolute Gasteiger partial charge is 0.493 e. The second-order valence-electron chi connectivity index (χ2n) is 7.15. The predicted octanol–water partition coefficient (Wildman–Crippen LogP) is 4.04. The van der Waals surface area contributed by atoms with Gasteiger partial charge in [-0.25, -0.2) is 4.79 Å². The number of amides is 2. The van der Waals surface area contributed by atoms with Crippen molar-refractivity contribution in [1.29, 1.82) is 0 Å². The fourth-order valence-corrected chi connectivity index (χ4v) is 3.54. The Bertz CT molecular complexity index is 763. The summed E-state index contributed by atoms with van der Waals surface area (Å²) < 4.78 is 10.7. The normalized spacial score (nSPS) is 17.4. The molecular weight excluding hydrogens is 340 g/mol. The van der Waals surface area contributed by atoms with Gasteiger partial charge in [-0.15, -0.1) is 0 Å². The molecule has 144 valence electrons. The summed E-state index contributed by atoms with van der Waals surface area (Å²) >= 11 is 0. The van der Waals surface area contributed by atoms with Gasteiger partial charge in [0.05, 0.1) is 20.3 Å². The Morgan fingerprint density at radius 3 is 2.52 bits per heavy atom. The molecule has 0 aromatic heterocycles. The van der Waals surface area contributed by atoms with Crippen molar-refractivity contribution in [2.24, 2.45) is 5.92 Å². The maximum atomic E-state index is 12.8. The van der Waals surface area contributed by atoms with Crippen molar-refractivity contribution < 1.29 is 14.3 Å². The summed E-state index contributed by atoms with van der Waals surface area (Å²) in [5.41, 5.74) is 2.17. The SMILES string of the molecule is COc1ccc(CC(NC(=O)N2CCC(C)C2)c2ccccc2)cc1OC. The van der Waals surface area contributed by atoms with Gasteiger partial charge in [0.25, 0.3) is 0 Å². The van der Waals surface area contributed by atoms with E-state index in [-0.39, 0.29) is 12.1 Å². The van der Waals surface area contributed by atoms with E-state index in [0.717, 1.165) is 30.6 Å². The Kier molecular flexibility index (Phi) is 6.22. The lowest BCUT2D eigenvalue weighted by molar-refractivity contribution is 0.203. The molecule has 2 atom stereocenters. The van der Waals surface area contributed by atoms with E-state index in [4.69, 9.17) is 9.47 Å². The van der Waals surface area contributed by atoms with Crippen molar-refractivity contribution in [2.45, 2.75) is 25.8 Å². The van der Waals surface area contributed by atoms with Crippen LogP contribution in [0.1, 0.15) is 30.5 Å². The third kappa shape index (κ3) is 4.73. The van der Waals surface area contributed by atoms with Crippen molar-refractivity contribution in [2.75, 3.05) is 27.3 Å². The molecule has 1 N–H and O–H groups in total. The first-order valence-corrected chi connectivity index (χ1v) is 9.42. The van der Waals surface area contributed by atoms with E-state index in [9.17, 15) is 4.79 Å². The Labute approximate surface area is 161 Å². The van der Waals surface area contributed by atoms with Gasteiger partial charge in [-0.3, -0.25) is 0 Å². The maximum Gasteiger partial charge on any atom is 0.317 e. The smallest absolute Gasteiger partial charge is 0.317 e. The summed E-state index contributed by atoms with van der Waals surface area (Å²) in [7, 11) is 3.26. The van der Waals surface area contributed by atoms with Crippen molar-refractivity contribution in [3.63, 3.8) is 0 Å². The molecule has 1 aliphatic rings. The van der Waals surface area contributed by atoms with Crippen LogP contribution in [0.5, 0.6) is 11.5 Å². The number of methoxy groups -OCH3 is 2. The molecule has 1 fully saturated rings. The minimum Gasteiger partial charge on any atom is -0.493 e. The first-order chi connectivity index (χ1) is 13.1. The molecule has 0 spiro atoms. The second-order valence-corrected chi connectivity index (χ2v) is 7.15. The summed E-state index contributed by atoms with van der Waals surface area (Å²) in [5, 5.41) is 3.23. The molecule has 0 saturated carbocycles. The Morgan fingerprint density at radius 1 is 1.15 bits per heavy atom. The van der Waals surface area contributed by atoms with Gasteiger partial charge >= 0.3 is 6.03 Å². The lowest BCUT2D eigenvalue weighted by Gasteiger charge is -2.24. The Balaban J connectivity index is 1.79.